The van der Waals surface area contributed by atoms with Gasteiger partial charge < -0.3 is 10.1 Å². The average Bonchev–Trinajstić information content (AvgIpc) is 2.41. The highest BCUT2D eigenvalue weighted by atomic mass is 32.2. The van der Waals surface area contributed by atoms with Gasteiger partial charge in [0.05, 0.1) is 7.11 Å². The first kappa shape index (κ1) is 14.7. The lowest BCUT2D eigenvalue weighted by molar-refractivity contribution is 0.232. The Morgan fingerprint density at radius 3 is 2.58 bits per heavy atom. The fourth-order valence-electron chi connectivity index (χ4n) is 2.50. The minimum absolute atomic E-state index is 0.383. The zero-order valence-corrected chi connectivity index (χ0v) is 13.2. The van der Waals surface area contributed by atoms with Crippen LogP contribution in [0.5, 0.6) is 5.75 Å². The summed E-state index contributed by atoms with van der Waals surface area (Å²) in [5, 5.41) is 3.80. The minimum atomic E-state index is 0.383. The number of hydrogen-bond acceptors (Lipinski definition) is 3. The highest BCUT2D eigenvalue weighted by Gasteiger charge is 2.33. The van der Waals surface area contributed by atoms with E-state index in [9.17, 15) is 0 Å². The summed E-state index contributed by atoms with van der Waals surface area (Å²) in [6.07, 6.45) is 1.30. The second kappa shape index (κ2) is 6.19. The summed E-state index contributed by atoms with van der Waals surface area (Å²) in [4.78, 5) is 0. The van der Waals surface area contributed by atoms with Gasteiger partial charge in [0.25, 0.3) is 0 Å². The molecule has 2 nitrogen and oxygen atoms in total. The number of hydrogen-bond donors (Lipinski definition) is 1. The smallest absolute Gasteiger partial charge is 0.118 e. The Bertz CT molecular complexity index is 402. The molecule has 1 aromatic carbocycles. The lowest BCUT2D eigenvalue weighted by atomic mass is 9.81. The lowest BCUT2D eigenvalue weighted by Gasteiger charge is -2.40. The van der Waals surface area contributed by atoms with Crippen molar-refractivity contribution in [2.75, 3.05) is 18.6 Å². The molecule has 0 aromatic heterocycles. The van der Waals surface area contributed by atoms with Crippen LogP contribution in [0.3, 0.4) is 0 Å². The molecule has 1 saturated heterocycles. The molecule has 0 spiro atoms. The molecular weight excluding hydrogens is 254 g/mol. The molecule has 3 heteroatoms. The summed E-state index contributed by atoms with van der Waals surface area (Å²) in [5.41, 5.74) is 1.72. The molecule has 2 rings (SSSR count). The Hall–Kier alpha value is -0.670. The van der Waals surface area contributed by atoms with Gasteiger partial charge in [-0.2, -0.15) is 11.8 Å². The van der Waals surface area contributed by atoms with Crippen molar-refractivity contribution in [2.45, 2.75) is 39.3 Å². The third-order valence-electron chi connectivity index (χ3n) is 4.19. The van der Waals surface area contributed by atoms with Crippen molar-refractivity contribution >= 4 is 11.8 Å². The molecule has 0 radical (unpaired) electrons. The first-order chi connectivity index (χ1) is 9.03. The highest BCUT2D eigenvalue weighted by Crippen LogP contribution is 2.35. The molecule has 0 amide bonds. The van der Waals surface area contributed by atoms with Gasteiger partial charge >= 0.3 is 0 Å². The number of nitrogens with one attached hydrogen (secondary N) is 1. The third-order valence-corrected chi connectivity index (χ3v) is 5.25. The SMILES string of the molecule is COc1ccc([C@H](C)NC2CSCCC2(C)C)cc1. The Labute approximate surface area is 121 Å². The maximum absolute atomic E-state index is 5.21. The van der Waals surface area contributed by atoms with E-state index >= 15 is 0 Å². The molecule has 1 N–H and O–H groups in total. The predicted molar refractivity (Wildman–Crippen MR) is 84.1 cm³/mol. The van der Waals surface area contributed by atoms with Gasteiger partial charge in [0.2, 0.25) is 0 Å². The number of thioether (sulfide) groups is 1. The molecule has 0 bridgehead atoms. The maximum Gasteiger partial charge on any atom is 0.118 e. The Morgan fingerprint density at radius 2 is 2.00 bits per heavy atom. The molecule has 1 aliphatic rings. The van der Waals surface area contributed by atoms with Gasteiger partial charge in [-0.1, -0.05) is 26.0 Å². The molecule has 1 aliphatic heterocycles. The quantitative estimate of drug-likeness (QED) is 0.904. The topological polar surface area (TPSA) is 21.3 Å². The molecule has 1 heterocycles. The Kier molecular flexibility index (Phi) is 4.80. The van der Waals surface area contributed by atoms with Crippen LogP contribution < -0.4 is 10.1 Å². The Balaban J connectivity index is 2.01. The van der Waals surface area contributed by atoms with E-state index in [2.05, 4.69) is 50.0 Å². The van der Waals surface area contributed by atoms with Crippen LogP contribution in [0.25, 0.3) is 0 Å². The van der Waals surface area contributed by atoms with Crippen LogP contribution in [0.15, 0.2) is 24.3 Å². The first-order valence-electron chi connectivity index (χ1n) is 7.00. The van der Waals surface area contributed by atoms with Crippen LogP contribution in [0, 0.1) is 5.41 Å². The molecule has 1 fully saturated rings. The van der Waals surface area contributed by atoms with E-state index in [-0.39, 0.29) is 0 Å². The van der Waals surface area contributed by atoms with Gasteiger partial charge in [-0.05, 0) is 42.2 Å². The van der Waals surface area contributed by atoms with Crippen molar-refractivity contribution in [3.63, 3.8) is 0 Å². The second-order valence-corrected chi connectivity index (χ2v) is 7.18. The first-order valence-corrected chi connectivity index (χ1v) is 8.16. The van der Waals surface area contributed by atoms with Crippen LogP contribution in [-0.4, -0.2) is 24.7 Å². The van der Waals surface area contributed by atoms with E-state index in [4.69, 9.17) is 4.74 Å². The van der Waals surface area contributed by atoms with Crippen molar-refractivity contribution in [1.82, 2.24) is 5.32 Å². The molecule has 0 saturated carbocycles. The van der Waals surface area contributed by atoms with E-state index in [0.717, 1.165) is 5.75 Å². The highest BCUT2D eigenvalue weighted by molar-refractivity contribution is 7.99. The average molecular weight is 279 g/mol. The van der Waals surface area contributed by atoms with Crippen molar-refractivity contribution in [1.29, 1.82) is 0 Å². The fraction of sp³-hybridized carbons (Fsp3) is 0.625. The van der Waals surface area contributed by atoms with Crippen LogP contribution in [0.2, 0.25) is 0 Å². The zero-order chi connectivity index (χ0) is 13.9. The normalized spacial score (nSPS) is 23.9. The molecule has 2 atom stereocenters. The summed E-state index contributed by atoms with van der Waals surface area (Å²) >= 11 is 2.07. The van der Waals surface area contributed by atoms with E-state index in [0.29, 0.717) is 17.5 Å². The van der Waals surface area contributed by atoms with Crippen molar-refractivity contribution < 1.29 is 4.74 Å². The van der Waals surface area contributed by atoms with Crippen molar-refractivity contribution in [3.8, 4) is 5.75 Å². The summed E-state index contributed by atoms with van der Waals surface area (Å²) in [6.45, 7) is 7.01. The zero-order valence-electron chi connectivity index (χ0n) is 12.4. The van der Waals surface area contributed by atoms with Gasteiger partial charge in [-0.3, -0.25) is 0 Å². The summed E-state index contributed by atoms with van der Waals surface area (Å²) in [6, 6.07) is 9.35. The number of benzene rings is 1. The van der Waals surface area contributed by atoms with Gasteiger partial charge in [0, 0.05) is 17.8 Å². The Morgan fingerprint density at radius 1 is 1.32 bits per heavy atom. The third kappa shape index (κ3) is 3.67. The number of methoxy groups -OCH3 is 1. The van der Waals surface area contributed by atoms with Gasteiger partial charge in [0.15, 0.2) is 0 Å². The lowest BCUT2D eigenvalue weighted by Crippen LogP contribution is -2.47. The van der Waals surface area contributed by atoms with E-state index < -0.39 is 0 Å². The number of ether oxygens (including phenoxy) is 1. The van der Waals surface area contributed by atoms with Gasteiger partial charge in [0.1, 0.15) is 5.75 Å². The maximum atomic E-state index is 5.21. The number of rotatable bonds is 4. The van der Waals surface area contributed by atoms with E-state index in [1.54, 1.807) is 7.11 Å². The molecule has 19 heavy (non-hydrogen) atoms. The van der Waals surface area contributed by atoms with Crippen LogP contribution >= 0.6 is 11.8 Å². The van der Waals surface area contributed by atoms with Gasteiger partial charge in [-0.15, -0.1) is 0 Å². The standard InChI is InChI=1S/C16H25NOS/c1-12(13-5-7-14(18-4)8-6-13)17-15-11-19-10-9-16(15,2)3/h5-8,12,15,17H,9-11H2,1-4H3/t12-,15?/m0/s1. The minimum Gasteiger partial charge on any atom is -0.497 e. The monoisotopic (exact) mass is 279 g/mol. The van der Waals surface area contributed by atoms with Crippen LogP contribution in [0.4, 0.5) is 0 Å². The predicted octanol–water partition coefficient (Wildman–Crippen LogP) is 3.88. The molecule has 1 unspecified atom stereocenters. The molecule has 0 aliphatic carbocycles. The van der Waals surface area contributed by atoms with E-state index in [1.807, 2.05) is 12.1 Å². The van der Waals surface area contributed by atoms with E-state index in [1.165, 1.54) is 23.5 Å². The fourth-order valence-corrected chi connectivity index (χ4v) is 4.12. The van der Waals surface area contributed by atoms with Crippen molar-refractivity contribution in [2.24, 2.45) is 5.41 Å². The molecule has 106 valence electrons. The summed E-state index contributed by atoms with van der Waals surface area (Å²) in [5.74, 6) is 3.43. The van der Waals surface area contributed by atoms with Crippen LogP contribution in [-0.2, 0) is 0 Å². The van der Waals surface area contributed by atoms with Gasteiger partial charge in [-0.25, -0.2) is 0 Å². The molecule has 1 aromatic rings. The summed E-state index contributed by atoms with van der Waals surface area (Å²) in [7, 11) is 1.71. The largest absolute Gasteiger partial charge is 0.497 e. The second-order valence-electron chi connectivity index (χ2n) is 6.03. The summed E-state index contributed by atoms with van der Waals surface area (Å²) < 4.78 is 5.21. The van der Waals surface area contributed by atoms with Crippen LogP contribution in [0.1, 0.15) is 38.8 Å². The van der Waals surface area contributed by atoms with Crippen molar-refractivity contribution in [3.05, 3.63) is 29.8 Å². The molecular formula is C16H25NOS.